The van der Waals surface area contributed by atoms with Gasteiger partial charge in [0.25, 0.3) is 10.0 Å². The average molecular weight is 526 g/mol. The zero-order chi connectivity index (χ0) is 25.3. The number of sulfonamides is 1. The van der Waals surface area contributed by atoms with Crippen LogP contribution >= 0.6 is 11.6 Å². The summed E-state index contributed by atoms with van der Waals surface area (Å²) < 4.78 is 42.8. The number of pyridine rings is 2. The van der Waals surface area contributed by atoms with Gasteiger partial charge in [-0.05, 0) is 61.0 Å². The first-order valence-corrected chi connectivity index (χ1v) is 13.0. The van der Waals surface area contributed by atoms with E-state index in [-0.39, 0.29) is 21.7 Å². The lowest BCUT2D eigenvalue weighted by Gasteiger charge is -2.23. The fourth-order valence-electron chi connectivity index (χ4n) is 3.93. The lowest BCUT2D eigenvalue weighted by atomic mass is 9.95. The molecule has 0 spiro atoms. The summed E-state index contributed by atoms with van der Waals surface area (Å²) in [6.07, 6.45) is 5.23. The minimum Gasteiger partial charge on any atom is -0.391 e. The zero-order valence-electron chi connectivity index (χ0n) is 18.8. The van der Waals surface area contributed by atoms with Crippen molar-refractivity contribution < 1.29 is 17.9 Å². The largest absolute Gasteiger partial charge is 0.391 e. The van der Waals surface area contributed by atoms with Crippen molar-refractivity contribution in [1.29, 1.82) is 0 Å². The maximum atomic E-state index is 13.2. The summed E-state index contributed by atoms with van der Waals surface area (Å²) >= 11 is 6.18. The molecule has 1 aliphatic rings. The van der Waals surface area contributed by atoms with Crippen LogP contribution in [0.2, 0.25) is 5.15 Å². The molecule has 3 aromatic heterocycles. The van der Waals surface area contributed by atoms with Gasteiger partial charge in [0.1, 0.15) is 5.82 Å². The van der Waals surface area contributed by atoms with E-state index in [0.29, 0.717) is 17.7 Å². The molecule has 1 aliphatic heterocycles. The van der Waals surface area contributed by atoms with Crippen molar-refractivity contribution in [2.24, 2.45) is 5.92 Å². The van der Waals surface area contributed by atoms with Crippen LogP contribution in [0.1, 0.15) is 12.0 Å². The van der Waals surface area contributed by atoms with Crippen LogP contribution in [-0.2, 0) is 10.0 Å². The SMILES string of the molecule is O=S(=O)(Nc1cc(-c2ccn3ncc(C#CC4CCNCC4O)c3c2)cnc1Cl)c1ccc(F)cc1. The number of hydrogen-bond acceptors (Lipinski definition) is 6. The molecule has 36 heavy (non-hydrogen) atoms. The van der Waals surface area contributed by atoms with E-state index in [4.69, 9.17) is 11.6 Å². The van der Waals surface area contributed by atoms with Gasteiger partial charge >= 0.3 is 0 Å². The molecular formula is C25H21ClFN5O3S. The van der Waals surface area contributed by atoms with Gasteiger partial charge in [-0.3, -0.25) is 4.72 Å². The molecule has 4 heterocycles. The summed E-state index contributed by atoms with van der Waals surface area (Å²) in [6.45, 7) is 1.33. The summed E-state index contributed by atoms with van der Waals surface area (Å²) in [6, 6.07) is 9.74. The molecule has 0 radical (unpaired) electrons. The summed E-state index contributed by atoms with van der Waals surface area (Å²) in [7, 11) is -4.01. The van der Waals surface area contributed by atoms with E-state index in [9.17, 15) is 17.9 Å². The van der Waals surface area contributed by atoms with Gasteiger partial charge in [-0.25, -0.2) is 22.3 Å². The Morgan fingerprint density at radius 3 is 2.75 bits per heavy atom. The van der Waals surface area contributed by atoms with E-state index >= 15 is 0 Å². The molecule has 0 aliphatic carbocycles. The Hall–Kier alpha value is -3.49. The number of β-amino-alcohol motifs (C(OH)–C–C–N with tert-alkyl or cyclic N) is 1. The second kappa shape index (κ2) is 9.87. The maximum Gasteiger partial charge on any atom is 0.261 e. The van der Waals surface area contributed by atoms with E-state index in [2.05, 4.69) is 32.0 Å². The Balaban J connectivity index is 1.46. The number of fused-ring (bicyclic) bond motifs is 1. The van der Waals surface area contributed by atoms with Gasteiger partial charge in [0.05, 0.1) is 34.0 Å². The highest BCUT2D eigenvalue weighted by atomic mass is 35.5. The Kier molecular flexibility index (Phi) is 6.64. The van der Waals surface area contributed by atoms with Crippen LogP contribution in [0.15, 0.2) is 66.0 Å². The first-order chi connectivity index (χ1) is 17.3. The van der Waals surface area contributed by atoms with Crippen molar-refractivity contribution in [3.05, 3.63) is 77.6 Å². The predicted octanol–water partition coefficient (Wildman–Crippen LogP) is 3.31. The summed E-state index contributed by atoms with van der Waals surface area (Å²) in [5, 5.41) is 17.6. The summed E-state index contributed by atoms with van der Waals surface area (Å²) in [4.78, 5) is 4.03. The minimum absolute atomic E-state index is 0.0260. The topological polar surface area (TPSA) is 109 Å². The number of aliphatic hydroxyl groups excluding tert-OH is 1. The summed E-state index contributed by atoms with van der Waals surface area (Å²) in [5.74, 6) is 5.66. The van der Waals surface area contributed by atoms with Crippen LogP contribution in [0, 0.1) is 23.6 Å². The number of hydrogen-bond donors (Lipinski definition) is 3. The van der Waals surface area contributed by atoms with Crippen molar-refractivity contribution in [2.45, 2.75) is 17.4 Å². The van der Waals surface area contributed by atoms with Crippen LogP contribution < -0.4 is 10.0 Å². The molecule has 5 rings (SSSR count). The van der Waals surface area contributed by atoms with E-state index in [0.717, 1.165) is 36.2 Å². The Morgan fingerprint density at radius 2 is 1.97 bits per heavy atom. The fraction of sp³-hybridized carbons (Fsp3) is 0.200. The smallest absolute Gasteiger partial charge is 0.261 e. The number of benzene rings is 1. The number of aromatic nitrogens is 3. The van der Waals surface area contributed by atoms with Crippen molar-refractivity contribution in [3.63, 3.8) is 0 Å². The third-order valence-electron chi connectivity index (χ3n) is 5.90. The Bertz CT molecular complexity index is 1600. The van der Waals surface area contributed by atoms with E-state index < -0.39 is 21.9 Å². The lowest BCUT2D eigenvalue weighted by Crippen LogP contribution is -2.39. The molecule has 11 heteroatoms. The molecule has 0 amide bonds. The van der Waals surface area contributed by atoms with Crippen molar-refractivity contribution in [1.82, 2.24) is 19.9 Å². The minimum atomic E-state index is -4.01. The van der Waals surface area contributed by atoms with Gasteiger partial charge in [0.15, 0.2) is 5.15 Å². The summed E-state index contributed by atoms with van der Waals surface area (Å²) in [5.41, 5.74) is 2.92. The number of nitrogens with one attached hydrogen (secondary N) is 2. The van der Waals surface area contributed by atoms with E-state index in [1.54, 1.807) is 23.0 Å². The second-order valence-electron chi connectivity index (χ2n) is 8.36. The molecule has 0 bridgehead atoms. The predicted molar refractivity (Wildman–Crippen MR) is 135 cm³/mol. The van der Waals surface area contributed by atoms with Crippen LogP contribution in [0.25, 0.3) is 16.6 Å². The molecule has 1 saturated heterocycles. The molecular weight excluding hydrogens is 505 g/mol. The third-order valence-corrected chi connectivity index (χ3v) is 7.59. The first-order valence-electron chi connectivity index (χ1n) is 11.1. The van der Waals surface area contributed by atoms with Crippen LogP contribution in [0.4, 0.5) is 10.1 Å². The van der Waals surface area contributed by atoms with E-state index in [1.807, 2.05) is 12.1 Å². The second-order valence-corrected chi connectivity index (χ2v) is 10.4. The molecule has 8 nitrogen and oxygen atoms in total. The molecule has 2 unspecified atom stereocenters. The maximum absolute atomic E-state index is 13.2. The van der Waals surface area contributed by atoms with Crippen LogP contribution in [0.3, 0.4) is 0 Å². The lowest BCUT2D eigenvalue weighted by molar-refractivity contribution is 0.109. The number of nitrogens with zero attached hydrogens (tertiary/aromatic N) is 3. The van der Waals surface area contributed by atoms with Crippen molar-refractivity contribution in [2.75, 3.05) is 17.8 Å². The van der Waals surface area contributed by atoms with Gasteiger partial charge < -0.3 is 10.4 Å². The van der Waals surface area contributed by atoms with Gasteiger partial charge in [-0.1, -0.05) is 23.4 Å². The number of halogens is 2. The third kappa shape index (κ3) is 5.05. The first kappa shape index (κ1) is 24.2. The van der Waals surface area contributed by atoms with Crippen molar-refractivity contribution in [3.8, 4) is 23.0 Å². The standard InChI is InChI=1S/C25H21ClFN5O3S/c26-25-22(31-36(34,35)21-5-3-20(27)4-6-21)11-19(13-29-25)17-8-10-32-23(12-17)18(14-30-32)2-1-16-7-9-28-15-24(16)33/h3-6,8,10-14,16,24,28,31,33H,7,9,15H2. The quantitative estimate of drug-likeness (QED) is 0.279. The van der Waals surface area contributed by atoms with Gasteiger partial charge in [0.2, 0.25) is 0 Å². The molecule has 2 atom stereocenters. The molecule has 0 saturated carbocycles. The van der Waals surface area contributed by atoms with Crippen LogP contribution in [0.5, 0.6) is 0 Å². The highest BCUT2D eigenvalue weighted by molar-refractivity contribution is 7.92. The Morgan fingerprint density at radius 1 is 1.17 bits per heavy atom. The van der Waals surface area contributed by atoms with Crippen LogP contribution in [-0.4, -0.2) is 47.3 Å². The molecule has 1 fully saturated rings. The number of anilines is 1. The zero-order valence-corrected chi connectivity index (χ0v) is 20.4. The normalized spacial score (nSPS) is 18.0. The van der Waals surface area contributed by atoms with Gasteiger partial charge in [-0.15, -0.1) is 0 Å². The highest BCUT2D eigenvalue weighted by Crippen LogP contribution is 2.29. The number of rotatable bonds is 4. The highest BCUT2D eigenvalue weighted by Gasteiger charge is 2.21. The Labute approximate surface area is 212 Å². The van der Waals surface area contributed by atoms with E-state index in [1.165, 1.54) is 18.3 Å². The van der Waals surface area contributed by atoms with Gasteiger partial charge in [-0.2, -0.15) is 5.10 Å². The van der Waals surface area contributed by atoms with Gasteiger partial charge in [0, 0.05) is 30.4 Å². The molecule has 3 N–H and O–H groups in total. The number of piperidine rings is 1. The average Bonchev–Trinajstić information content (AvgIpc) is 3.27. The molecule has 4 aromatic rings. The number of aliphatic hydroxyl groups is 1. The molecule has 184 valence electrons. The monoisotopic (exact) mass is 525 g/mol. The fourth-order valence-corrected chi connectivity index (χ4v) is 5.20. The van der Waals surface area contributed by atoms with Crippen molar-refractivity contribution >= 4 is 32.8 Å². The molecule has 1 aromatic carbocycles.